The predicted octanol–water partition coefficient (Wildman–Crippen LogP) is 3.23. The second-order valence-corrected chi connectivity index (χ2v) is 4.49. The van der Waals surface area contributed by atoms with Gasteiger partial charge in [0, 0.05) is 23.0 Å². The van der Waals surface area contributed by atoms with Crippen LogP contribution in [0.25, 0.3) is 0 Å². The highest BCUT2D eigenvalue weighted by molar-refractivity contribution is 6.05. The quantitative estimate of drug-likeness (QED) is 0.838. The molecule has 0 saturated heterocycles. The molecule has 0 aliphatic rings. The lowest BCUT2D eigenvalue weighted by molar-refractivity contribution is 0.102. The maximum Gasteiger partial charge on any atom is 0.255 e. The molecule has 2 rings (SSSR count). The van der Waals surface area contributed by atoms with Crippen LogP contribution in [-0.2, 0) is 0 Å². The standard InChI is InChI=1S/C16H18N2O2/c1-3-20-14-6-4-5-13(10-14)18-16(19)15-8-7-12(17)9-11(15)2/h4-10H,3,17H2,1-2H3,(H,18,19). The first kappa shape index (κ1) is 13.9. The molecule has 2 aromatic rings. The van der Waals surface area contributed by atoms with E-state index in [2.05, 4.69) is 5.32 Å². The number of anilines is 2. The first-order valence-electron chi connectivity index (χ1n) is 6.50. The molecule has 0 aliphatic carbocycles. The van der Waals surface area contributed by atoms with Gasteiger partial charge in [-0.25, -0.2) is 0 Å². The van der Waals surface area contributed by atoms with Crippen LogP contribution in [-0.4, -0.2) is 12.5 Å². The normalized spacial score (nSPS) is 10.1. The van der Waals surface area contributed by atoms with Crippen molar-refractivity contribution in [2.24, 2.45) is 0 Å². The van der Waals surface area contributed by atoms with E-state index in [1.54, 1.807) is 24.3 Å². The fourth-order valence-corrected chi connectivity index (χ4v) is 1.97. The Labute approximate surface area is 118 Å². The molecular weight excluding hydrogens is 252 g/mol. The SMILES string of the molecule is CCOc1cccc(NC(=O)c2ccc(N)cc2C)c1. The summed E-state index contributed by atoms with van der Waals surface area (Å²) in [6.07, 6.45) is 0. The second kappa shape index (κ2) is 6.10. The van der Waals surface area contributed by atoms with Crippen LogP contribution in [0.5, 0.6) is 5.75 Å². The third kappa shape index (κ3) is 3.29. The number of ether oxygens (including phenoxy) is 1. The summed E-state index contributed by atoms with van der Waals surface area (Å²) in [4.78, 5) is 12.2. The van der Waals surface area contributed by atoms with Gasteiger partial charge in [-0.3, -0.25) is 4.79 Å². The number of hydrogen-bond acceptors (Lipinski definition) is 3. The number of benzene rings is 2. The highest BCUT2D eigenvalue weighted by atomic mass is 16.5. The van der Waals surface area contributed by atoms with E-state index in [9.17, 15) is 4.79 Å². The Bertz CT molecular complexity index is 624. The van der Waals surface area contributed by atoms with Gasteiger partial charge in [-0.1, -0.05) is 6.07 Å². The minimum absolute atomic E-state index is 0.156. The van der Waals surface area contributed by atoms with E-state index < -0.39 is 0 Å². The Morgan fingerprint density at radius 2 is 2.05 bits per heavy atom. The summed E-state index contributed by atoms with van der Waals surface area (Å²) in [6, 6.07) is 12.6. The molecule has 0 spiro atoms. The van der Waals surface area contributed by atoms with Crippen LogP contribution in [0, 0.1) is 6.92 Å². The number of nitrogen functional groups attached to an aromatic ring is 1. The minimum Gasteiger partial charge on any atom is -0.494 e. The van der Waals surface area contributed by atoms with E-state index in [1.807, 2.05) is 32.0 Å². The van der Waals surface area contributed by atoms with Gasteiger partial charge in [0.1, 0.15) is 5.75 Å². The van der Waals surface area contributed by atoms with Crippen LogP contribution in [0.1, 0.15) is 22.8 Å². The smallest absolute Gasteiger partial charge is 0.255 e. The zero-order valence-electron chi connectivity index (χ0n) is 11.6. The minimum atomic E-state index is -0.156. The van der Waals surface area contributed by atoms with Gasteiger partial charge in [-0.2, -0.15) is 0 Å². The first-order valence-corrected chi connectivity index (χ1v) is 6.50. The summed E-state index contributed by atoms with van der Waals surface area (Å²) in [7, 11) is 0. The fraction of sp³-hybridized carbons (Fsp3) is 0.188. The molecule has 0 aliphatic heterocycles. The van der Waals surface area contributed by atoms with Crippen LogP contribution in [0.15, 0.2) is 42.5 Å². The topological polar surface area (TPSA) is 64.3 Å². The summed E-state index contributed by atoms with van der Waals surface area (Å²) < 4.78 is 5.41. The molecule has 0 bridgehead atoms. The van der Waals surface area contributed by atoms with Gasteiger partial charge in [-0.05, 0) is 49.7 Å². The van der Waals surface area contributed by atoms with Crippen molar-refractivity contribution in [1.29, 1.82) is 0 Å². The summed E-state index contributed by atoms with van der Waals surface area (Å²) in [5.74, 6) is 0.579. The van der Waals surface area contributed by atoms with E-state index in [1.165, 1.54) is 0 Å². The molecule has 1 amide bonds. The van der Waals surface area contributed by atoms with E-state index in [0.29, 0.717) is 23.5 Å². The average Bonchev–Trinajstić information content (AvgIpc) is 2.39. The average molecular weight is 270 g/mol. The van der Waals surface area contributed by atoms with Crippen LogP contribution < -0.4 is 15.8 Å². The molecule has 0 heterocycles. The number of nitrogens with one attached hydrogen (secondary N) is 1. The molecule has 104 valence electrons. The molecule has 3 N–H and O–H groups in total. The van der Waals surface area contributed by atoms with Crippen LogP contribution >= 0.6 is 0 Å². The van der Waals surface area contributed by atoms with Crippen molar-refractivity contribution < 1.29 is 9.53 Å². The number of nitrogens with two attached hydrogens (primary N) is 1. The molecule has 0 fully saturated rings. The van der Waals surface area contributed by atoms with Gasteiger partial charge < -0.3 is 15.8 Å². The van der Waals surface area contributed by atoms with Crippen LogP contribution in [0.2, 0.25) is 0 Å². The van der Waals surface area contributed by atoms with E-state index >= 15 is 0 Å². The van der Waals surface area contributed by atoms with E-state index in [0.717, 1.165) is 11.3 Å². The molecule has 0 radical (unpaired) electrons. The third-order valence-corrected chi connectivity index (χ3v) is 2.90. The van der Waals surface area contributed by atoms with Crippen molar-refractivity contribution in [2.75, 3.05) is 17.7 Å². The van der Waals surface area contributed by atoms with Crippen molar-refractivity contribution in [3.8, 4) is 5.75 Å². The van der Waals surface area contributed by atoms with Gasteiger partial charge in [0.2, 0.25) is 0 Å². The molecule has 4 heteroatoms. The zero-order valence-corrected chi connectivity index (χ0v) is 11.6. The third-order valence-electron chi connectivity index (χ3n) is 2.90. The number of carbonyl (C=O) groups is 1. The Kier molecular flexibility index (Phi) is 4.25. The molecule has 0 aromatic heterocycles. The van der Waals surface area contributed by atoms with Crippen molar-refractivity contribution in [2.45, 2.75) is 13.8 Å². The van der Waals surface area contributed by atoms with E-state index in [-0.39, 0.29) is 5.91 Å². The van der Waals surface area contributed by atoms with Gasteiger partial charge in [0.15, 0.2) is 0 Å². The lowest BCUT2D eigenvalue weighted by Crippen LogP contribution is -2.13. The van der Waals surface area contributed by atoms with Gasteiger partial charge in [0.25, 0.3) is 5.91 Å². The van der Waals surface area contributed by atoms with Crippen LogP contribution in [0.4, 0.5) is 11.4 Å². The lowest BCUT2D eigenvalue weighted by atomic mass is 10.1. The highest BCUT2D eigenvalue weighted by Crippen LogP contribution is 2.19. The number of hydrogen-bond donors (Lipinski definition) is 2. The monoisotopic (exact) mass is 270 g/mol. The molecule has 0 atom stereocenters. The highest BCUT2D eigenvalue weighted by Gasteiger charge is 2.09. The molecular formula is C16H18N2O2. The van der Waals surface area contributed by atoms with Crippen molar-refractivity contribution in [3.63, 3.8) is 0 Å². The van der Waals surface area contributed by atoms with Gasteiger partial charge in [0.05, 0.1) is 6.61 Å². The number of carbonyl (C=O) groups excluding carboxylic acids is 1. The Morgan fingerprint density at radius 1 is 1.25 bits per heavy atom. The van der Waals surface area contributed by atoms with Gasteiger partial charge in [-0.15, -0.1) is 0 Å². The predicted molar refractivity (Wildman–Crippen MR) is 81.2 cm³/mol. The molecule has 0 saturated carbocycles. The molecule has 0 unspecified atom stereocenters. The van der Waals surface area contributed by atoms with Crippen molar-refractivity contribution in [3.05, 3.63) is 53.6 Å². The fourth-order valence-electron chi connectivity index (χ4n) is 1.97. The second-order valence-electron chi connectivity index (χ2n) is 4.49. The number of amides is 1. The van der Waals surface area contributed by atoms with E-state index in [4.69, 9.17) is 10.5 Å². The lowest BCUT2D eigenvalue weighted by Gasteiger charge is -2.10. The first-order chi connectivity index (χ1) is 9.60. The maximum atomic E-state index is 12.2. The molecule has 2 aromatic carbocycles. The summed E-state index contributed by atoms with van der Waals surface area (Å²) in [6.45, 7) is 4.37. The molecule has 4 nitrogen and oxygen atoms in total. The summed E-state index contributed by atoms with van der Waals surface area (Å²) in [5.41, 5.74) is 8.50. The summed E-state index contributed by atoms with van der Waals surface area (Å²) in [5, 5.41) is 2.86. The number of aryl methyl sites for hydroxylation is 1. The van der Waals surface area contributed by atoms with Gasteiger partial charge >= 0.3 is 0 Å². The Hall–Kier alpha value is -2.49. The number of rotatable bonds is 4. The maximum absolute atomic E-state index is 12.2. The largest absolute Gasteiger partial charge is 0.494 e. The van der Waals surface area contributed by atoms with Crippen molar-refractivity contribution >= 4 is 17.3 Å². The Balaban J connectivity index is 2.17. The zero-order chi connectivity index (χ0) is 14.5. The van der Waals surface area contributed by atoms with Crippen molar-refractivity contribution in [1.82, 2.24) is 0 Å². The molecule has 20 heavy (non-hydrogen) atoms. The van der Waals surface area contributed by atoms with Crippen LogP contribution in [0.3, 0.4) is 0 Å². The Morgan fingerprint density at radius 3 is 2.75 bits per heavy atom. The summed E-state index contributed by atoms with van der Waals surface area (Å²) >= 11 is 0.